The van der Waals surface area contributed by atoms with Crippen LogP contribution in [0.1, 0.15) is 272 Å². The maximum atomic E-state index is 13.9. The van der Waals surface area contributed by atoms with E-state index in [0.29, 0.717) is 12.8 Å². The number of aliphatic hydroxyl groups is 20. The van der Waals surface area contributed by atoms with Gasteiger partial charge in [0.1, 0.15) is 140 Å². The van der Waals surface area contributed by atoms with E-state index in [1.165, 1.54) is 154 Å². The Balaban J connectivity index is 1.21. The van der Waals surface area contributed by atoms with Gasteiger partial charge in [-0.15, -0.1) is 0 Å². The Kier molecular flexibility index (Phi) is 54.2. The predicted octanol–water partition coefficient (Wildman–Crippen LogP) is -0.892. The molecule has 6 aliphatic rings. The molecule has 0 aromatic heterocycles. The van der Waals surface area contributed by atoms with Crippen LogP contribution < -0.4 is 16.0 Å². The summed E-state index contributed by atoms with van der Waals surface area (Å²) >= 11 is 0. The number of aliphatic hydroxyl groups excluding tert-OH is 20. The summed E-state index contributed by atoms with van der Waals surface area (Å²) in [4.78, 5) is 66.8. The molecule has 0 saturated carbocycles. The second-order valence-corrected chi connectivity index (χ2v) is 36.3. The van der Waals surface area contributed by atoms with E-state index < -0.39 is 296 Å². The van der Waals surface area contributed by atoms with Crippen LogP contribution in [-0.2, 0) is 80.8 Å². The molecular formula is C90H161N3O39. The molecule has 6 aliphatic heterocycles. The van der Waals surface area contributed by atoms with Crippen LogP contribution in [0.5, 0.6) is 0 Å². The number of rotatable bonds is 66. The van der Waals surface area contributed by atoms with Crippen LogP contribution in [0.3, 0.4) is 0 Å². The van der Waals surface area contributed by atoms with Crippen molar-refractivity contribution in [2.75, 3.05) is 46.2 Å². The summed E-state index contributed by atoms with van der Waals surface area (Å²) in [6.07, 6.45) is -23.5. The Morgan fingerprint density at radius 1 is 0.394 bits per heavy atom. The summed E-state index contributed by atoms with van der Waals surface area (Å²) in [6.45, 7) is -1.70. The lowest BCUT2D eigenvalue weighted by molar-refractivity contribution is -0.407. The van der Waals surface area contributed by atoms with Crippen molar-refractivity contribution < 1.29 is 193 Å². The van der Waals surface area contributed by atoms with Gasteiger partial charge < -0.3 is 185 Å². The highest BCUT2D eigenvalue weighted by atomic mass is 16.8. The van der Waals surface area contributed by atoms with E-state index in [0.717, 1.165) is 78.1 Å². The van der Waals surface area contributed by atoms with Crippen molar-refractivity contribution in [3.05, 3.63) is 12.2 Å². The summed E-state index contributed by atoms with van der Waals surface area (Å²) < 4.78 is 72.0. The Bertz CT molecular complexity index is 3220. The first-order chi connectivity index (χ1) is 63.2. The van der Waals surface area contributed by atoms with Gasteiger partial charge in [0.15, 0.2) is 25.2 Å². The number of hydrogen-bond donors (Lipinski definition) is 25. The number of unbranched alkanes of at least 4 members (excludes halogenated alkanes) is 33. The first-order valence-electron chi connectivity index (χ1n) is 48.2. The first-order valence-corrected chi connectivity index (χ1v) is 48.2. The lowest BCUT2D eigenvalue weighted by Crippen LogP contribution is -2.72. The molecule has 0 spiro atoms. The molecule has 34 atom stereocenters. The molecule has 42 nitrogen and oxygen atoms in total. The number of carbonyl (C=O) groups excluding carboxylic acids is 3. The molecule has 3 amide bonds. The molecule has 0 aromatic carbocycles. The number of carbonyl (C=O) groups is 5. The van der Waals surface area contributed by atoms with Gasteiger partial charge in [0, 0.05) is 33.1 Å². The third kappa shape index (κ3) is 35.5. The van der Waals surface area contributed by atoms with Gasteiger partial charge in [-0.3, -0.25) is 14.4 Å². The van der Waals surface area contributed by atoms with Crippen LogP contribution in [0.2, 0.25) is 0 Å². The zero-order valence-electron chi connectivity index (χ0n) is 77.2. The van der Waals surface area contributed by atoms with E-state index in [9.17, 15) is 136 Å². The SMILES string of the molecule is CCCCCCCCCCCCC/C=C/[C@@H](O)[C@H](CO[C@@H]1OC(CO)[C@@H](O[C@@H]2OC(CO)[C@H](O[C@@H]3OC(CO)[C@H](O)[C@H](O[C@@H]4OC(CO)[C@H](O)[C@H](O[C@]5(C(=O)O)CC(O)[C@@H](NC(C)=O)C([C@H](O)[C@H](O)CO)O5)C4O)C3NC(C)=O)[C@H](O[C@]3(C(=O)O)CC(O)[C@@H](O)C([C@H](O)[C@H](O)CO)O3)C2O)[C@H](O)C1O)NC(=O)CCCCCCCCCCCCCCCCCCCCCCCCC. The Morgan fingerprint density at radius 2 is 0.765 bits per heavy atom. The Hall–Kier alpha value is -4.19. The van der Waals surface area contributed by atoms with Crippen LogP contribution in [0, 0.1) is 0 Å². The number of nitrogens with one attached hydrogen (secondary N) is 3. The minimum atomic E-state index is -3.50. The number of carboxylic acid groups (broad SMARTS) is 2. The number of aliphatic carboxylic acids is 2. The van der Waals surface area contributed by atoms with Gasteiger partial charge in [-0.05, 0) is 19.3 Å². The number of carboxylic acids is 2. The smallest absolute Gasteiger partial charge is 0.364 e. The van der Waals surface area contributed by atoms with Crippen molar-refractivity contribution in [1.82, 2.24) is 16.0 Å². The third-order valence-corrected chi connectivity index (χ3v) is 25.7. The second-order valence-electron chi connectivity index (χ2n) is 36.3. The summed E-state index contributed by atoms with van der Waals surface area (Å²) in [6, 6.07) is -5.08. The van der Waals surface area contributed by atoms with Crippen molar-refractivity contribution >= 4 is 29.7 Å². The number of amides is 3. The summed E-state index contributed by atoms with van der Waals surface area (Å²) in [5.74, 6) is -13.6. The lowest BCUT2D eigenvalue weighted by Gasteiger charge is -2.52. The van der Waals surface area contributed by atoms with Crippen molar-refractivity contribution in [1.29, 1.82) is 0 Å². The maximum Gasteiger partial charge on any atom is 0.364 e. The molecule has 6 rings (SSSR count). The fraction of sp³-hybridized carbons (Fsp3) is 0.922. The molecule has 25 N–H and O–H groups in total. The molecule has 132 heavy (non-hydrogen) atoms. The van der Waals surface area contributed by atoms with E-state index in [2.05, 4.69) is 29.8 Å². The average Bonchev–Trinajstić information content (AvgIpc) is 0.750. The molecule has 0 aliphatic carbocycles. The van der Waals surface area contributed by atoms with Crippen molar-refractivity contribution in [2.45, 2.75) is 479 Å². The van der Waals surface area contributed by atoms with Crippen molar-refractivity contribution in [3.8, 4) is 0 Å². The second kappa shape index (κ2) is 61.4. The molecule has 770 valence electrons. The van der Waals surface area contributed by atoms with E-state index in [-0.39, 0.29) is 6.42 Å². The van der Waals surface area contributed by atoms with Gasteiger partial charge in [0.25, 0.3) is 11.6 Å². The van der Waals surface area contributed by atoms with E-state index in [1.807, 2.05) is 0 Å². The third-order valence-electron chi connectivity index (χ3n) is 25.7. The van der Waals surface area contributed by atoms with Gasteiger partial charge in [0.2, 0.25) is 17.7 Å². The highest BCUT2D eigenvalue weighted by Crippen LogP contribution is 2.43. The molecule has 0 aromatic rings. The van der Waals surface area contributed by atoms with E-state index >= 15 is 0 Å². The largest absolute Gasteiger partial charge is 0.477 e. The van der Waals surface area contributed by atoms with Gasteiger partial charge in [-0.25, -0.2) is 9.59 Å². The Morgan fingerprint density at radius 3 is 1.22 bits per heavy atom. The Labute approximate surface area is 773 Å². The van der Waals surface area contributed by atoms with Gasteiger partial charge in [-0.1, -0.05) is 231 Å². The predicted molar refractivity (Wildman–Crippen MR) is 465 cm³/mol. The molecule has 6 heterocycles. The molecule has 0 radical (unpaired) electrons. The summed E-state index contributed by atoms with van der Waals surface area (Å²) in [5, 5.41) is 255. The number of hydrogen-bond acceptors (Lipinski definition) is 37. The standard InChI is InChI=1S/C90H161N3O39/c1-5-7-9-11-13-15-17-19-20-21-22-23-24-25-26-27-28-30-32-34-36-38-40-42-64(107)93-54(55(102)41-39-37-35-33-31-29-18-16-14-12-10-8-6-2)51-121-84-73(114)72(113)76(62(49-98)124-84)126-86-75(116)82(132-90(88(119)120)44-57(104)67(108)80(130-90)69(110)59(106)46-95)77(63(50-99)125-86)127-83-66(92-53(4)101)78(70(111)60(47-96)122-83)128-85-74(115)81(71(112)61(48-97)123-85)131-89(87(117)118)43-56(103)65(91-52(3)100)79(129-89)68(109)58(105)45-94/h39,41,54-63,65-86,94-99,102-106,108-116H,5-38,40,42-51H2,1-4H3,(H,91,100)(H,92,101)(H,93,107)(H,117,118)(H,119,120)/b41-39+/t54-,55+,56?,57?,58+,59+,60?,61?,62?,63?,65+,66?,67+,68+,69+,70-,71-,72+,73?,74?,75?,76+,77-,78+,79?,80?,81-,82+,83-,84+,85-,86-,89-,90-/m0/s1. The molecule has 6 fully saturated rings. The highest BCUT2D eigenvalue weighted by molar-refractivity contribution is 5.77. The monoisotopic (exact) mass is 1910 g/mol. The normalized spacial score (nSPS) is 34.3. The van der Waals surface area contributed by atoms with Gasteiger partial charge in [-0.2, -0.15) is 0 Å². The zero-order chi connectivity index (χ0) is 97.2. The summed E-state index contributed by atoms with van der Waals surface area (Å²) in [7, 11) is 0. The average molecular weight is 1910 g/mol. The number of ether oxygens (including phenoxy) is 12. The van der Waals surface area contributed by atoms with Crippen LogP contribution >= 0.6 is 0 Å². The molecule has 6 saturated heterocycles. The van der Waals surface area contributed by atoms with Gasteiger partial charge in [0.05, 0.1) is 76.6 Å². The van der Waals surface area contributed by atoms with Crippen molar-refractivity contribution in [2.24, 2.45) is 0 Å². The zero-order valence-corrected chi connectivity index (χ0v) is 77.2. The van der Waals surface area contributed by atoms with Crippen LogP contribution in [0.15, 0.2) is 12.2 Å². The molecule has 42 heteroatoms. The molecule has 0 bridgehead atoms. The minimum Gasteiger partial charge on any atom is -0.477 e. The minimum absolute atomic E-state index is 0.100. The molecular weight excluding hydrogens is 1750 g/mol. The van der Waals surface area contributed by atoms with Crippen LogP contribution in [0.25, 0.3) is 0 Å². The van der Waals surface area contributed by atoms with E-state index in [1.54, 1.807) is 6.08 Å². The molecule has 12 unspecified atom stereocenters. The van der Waals surface area contributed by atoms with Crippen LogP contribution in [0.4, 0.5) is 0 Å². The van der Waals surface area contributed by atoms with E-state index in [4.69, 9.17) is 56.8 Å². The maximum absolute atomic E-state index is 13.9. The fourth-order valence-electron chi connectivity index (χ4n) is 17.9. The summed E-state index contributed by atoms with van der Waals surface area (Å²) in [5.41, 5.74) is 0. The van der Waals surface area contributed by atoms with Gasteiger partial charge >= 0.3 is 11.9 Å². The van der Waals surface area contributed by atoms with Crippen molar-refractivity contribution in [3.63, 3.8) is 0 Å². The topological polar surface area (TPSA) is 677 Å². The lowest BCUT2D eigenvalue weighted by atomic mass is 9.88. The quantitative estimate of drug-likeness (QED) is 0.0259. The number of allylic oxidation sites excluding steroid dienone is 1. The first kappa shape index (κ1) is 117. The fourth-order valence-corrected chi connectivity index (χ4v) is 17.9. The van der Waals surface area contributed by atoms with Crippen LogP contribution in [-0.4, -0.2) is 396 Å². The highest BCUT2D eigenvalue weighted by Gasteiger charge is 2.64.